The number of aryl methyl sites for hydroxylation is 2. The van der Waals surface area contributed by atoms with Crippen molar-refractivity contribution in [2.45, 2.75) is 19.3 Å². The summed E-state index contributed by atoms with van der Waals surface area (Å²) in [4.78, 5) is 14.5. The zero-order chi connectivity index (χ0) is 16.4. The lowest BCUT2D eigenvalue weighted by Crippen LogP contribution is -2.10. The molecule has 0 spiro atoms. The van der Waals surface area contributed by atoms with Crippen LogP contribution in [-0.2, 0) is 12.8 Å². The highest BCUT2D eigenvalue weighted by molar-refractivity contribution is 7.14. The number of hydrogen-bond donors (Lipinski definition) is 1. The number of carbonyl (C=O) groups excluding carboxylic acids is 1. The van der Waals surface area contributed by atoms with E-state index in [9.17, 15) is 4.79 Å². The zero-order valence-electron chi connectivity index (χ0n) is 13.4. The number of amides is 1. The van der Waals surface area contributed by atoms with E-state index < -0.39 is 0 Å². The molecule has 1 aliphatic rings. The van der Waals surface area contributed by atoms with E-state index in [1.165, 1.54) is 16.9 Å². The molecule has 1 aliphatic carbocycles. The first-order valence-electron chi connectivity index (χ1n) is 7.39. The van der Waals surface area contributed by atoms with Gasteiger partial charge in [-0.3, -0.25) is 4.79 Å². The van der Waals surface area contributed by atoms with Crippen molar-refractivity contribution in [3.8, 4) is 17.2 Å². The molecule has 0 bridgehead atoms. The van der Waals surface area contributed by atoms with Crippen LogP contribution in [0.15, 0.2) is 18.2 Å². The average molecular weight is 333 g/mol. The molecule has 1 aromatic carbocycles. The first-order chi connectivity index (χ1) is 11.2. The Bertz CT molecular complexity index is 692. The molecule has 5 nitrogen and oxygen atoms in total. The van der Waals surface area contributed by atoms with E-state index in [1.807, 2.05) is 6.07 Å². The van der Waals surface area contributed by atoms with Crippen molar-refractivity contribution in [2.24, 2.45) is 0 Å². The van der Waals surface area contributed by atoms with E-state index in [-0.39, 0.29) is 5.91 Å². The van der Waals surface area contributed by atoms with Gasteiger partial charge in [0.05, 0.1) is 26.2 Å². The normalized spacial score (nSPS) is 12.7. The smallest absolute Gasteiger partial charge is 0.265 e. The maximum Gasteiger partial charge on any atom is 0.265 e. The molecule has 0 saturated heterocycles. The third-order valence-electron chi connectivity index (χ3n) is 3.89. The fraction of sp³-hybridized carbons (Fsp3) is 0.353. The standard InChI is InChI=1S/C17H19NO4S/c1-20-12-8-11(9-13(21-2)16(12)22-3)18-17(19)15-7-10-5-4-6-14(10)23-15/h7-9H,4-6H2,1-3H3,(H,18,19). The lowest BCUT2D eigenvalue weighted by molar-refractivity contribution is 0.103. The summed E-state index contributed by atoms with van der Waals surface area (Å²) in [5, 5.41) is 2.90. The van der Waals surface area contributed by atoms with Gasteiger partial charge in [-0.25, -0.2) is 0 Å². The van der Waals surface area contributed by atoms with E-state index in [2.05, 4.69) is 5.32 Å². The van der Waals surface area contributed by atoms with Gasteiger partial charge in [-0.05, 0) is 30.9 Å². The van der Waals surface area contributed by atoms with Crippen molar-refractivity contribution in [3.63, 3.8) is 0 Å². The minimum absolute atomic E-state index is 0.112. The molecule has 0 atom stereocenters. The van der Waals surface area contributed by atoms with Crippen molar-refractivity contribution >= 4 is 22.9 Å². The van der Waals surface area contributed by atoms with Crippen LogP contribution in [0.1, 0.15) is 26.5 Å². The van der Waals surface area contributed by atoms with Crippen LogP contribution in [0, 0.1) is 0 Å². The Morgan fingerprint density at radius 2 is 1.74 bits per heavy atom. The van der Waals surface area contributed by atoms with Gasteiger partial charge in [0.25, 0.3) is 5.91 Å². The van der Waals surface area contributed by atoms with E-state index >= 15 is 0 Å². The molecule has 6 heteroatoms. The summed E-state index contributed by atoms with van der Waals surface area (Å²) < 4.78 is 15.9. The van der Waals surface area contributed by atoms with Crippen molar-refractivity contribution in [1.29, 1.82) is 0 Å². The molecule has 0 aliphatic heterocycles. The summed E-state index contributed by atoms with van der Waals surface area (Å²) in [5.41, 5.74) is 1.92. The second-order valence-electron chi connectivity index (χ2n) is 5.28. The van der Waals surface area contributed by atoms with Gasteiger partial charge in [0.1, 0.15) is 0 Å². The molecule has 0 fully saturated rings. The van der Waals surface area contributed by atoms with Gasteiger partial charge >= 0.3 is 0 Å². The molecule has 2 aromatic rings. The molecule has 1 aromatic heterocycles. The lowest BCUT2D eigenvalue weighted by atomic mass is 10.2. The summed E-state index contributed by atoms with van der Waals surface area (Å²) in [7, 11) is 4.64. The van der Waals surface area contributed by atoms with Gasteiger partial charge in [0, 0.05) is 22.7 Å². The molecular formula is C17H19NO4S. The van der Waals surface area contributed by atoms with Crippen LogP contribution < -0.4 is 19.5 Å². The molecule has 23 heavy (non-hydrogen) atoms. The number of nitrogens with one attached hydrogen (secondary N) is 1. The second-order valence-corrected chi connectivity index (χ2v) is 6.42. The van der Waals surface area contributed by atoms with Crippen LogP contribution in [-0.4, -0.2) is 27.2 Å². The summed E-state index contributed by atoms with van der Waals surface area (Å²) in [6.45, 7) is 0. The maximum atomic E-state index is 12.5. The molecular weight excluding hydrogens is 314 g/mol. The van der Waals surface area contributed by atoms with Gasteiger partial charge in [-0.1, -0.05) is 0 Å². The van der Waals surface area contributed by atoms with Gasteiger partial charge in [0.15, 0.2) is 11.5 Å². The minimum atomic E-state index is -0.112. The van der Waals surface area contributed by atoms with Crippen molar-refractivity contribution in [2.75, 3.05) is 26.6 Å². The molecule has 3 rings (SSSR count). The monoisotopic (exact) mass is 333 g/mol. The average Bonchev–Trinajstić information content (AvgIpc) is 3.15. The molecule has 0 saturated carbocycles. The van der Waals surface area contributed by atoms with Crippen molar-refractivity contribution in [1.82, 2.24) is 0 Å². The summed E-state index contributed by atoms with van der Waals surface area (Å²) >= 11 is 1.58. The van der Waals surface area contributed by atoms with Gasteiger partial charge < -0.3 is 19.5 Å². The van der Waals surface area contributed by atoms with Gasteiger partial charge in [-0.2, -0.15) is 0 Å². The highest BCUT2D eigenvalue weighted by atomic mass is 32.1. The quantitative estimate of drug-likeness (QED) is 0.910. The molecule has 0 radical (unpaired) electrons. The summed E-state index contributed by atoms with van der Waals surface area (Å²) in [6, 6.07) is 5.45. The number of hydrogen-bond acceptors (Lipinski definition) is 5. The van der Waals surface area contributed by atoms with Crippen LogP contribution in [0.2, 0.25) is 0 Å². The number of carbonyl (C=O) groups is 1. The Labute approximate surface area is 139 Å². The Kier molecular flexibility index (Phi) is 4.43. The topological polar surface area (TPSA) is 56.8 Å². The second kappa shape index (κ2) is 6.50. The Morgan fingerprint density at radius 1 is 1.04 bits per heavy atom. The van der Waals surface area contributed by atoms with Gasteiger partial charge in [0.2, 0.25) is 5.75 Å². The first-order valence-corrected chi connectivity index (χ1v) is 8.21. The number of ether oxygens (including phenoxy) is 3. The maximum absolute atomic E-state index is 12.5. The first kappa shape index (κ1) is 15.7. The number of anilines is 1. The fourth-order valence-electron chi connectivity index (χ4n) is 2.79. The van der Waals surface area contributed by atoms with Crippen LogP contribution in [0.5, 0.6) is 17.2 Å². The number of methoxy groups -OCH3 is 3. The van der Waals surface area contributed by atoms with E-state index in [1.54, 1.807) is 44.8 Å². The number of fused-ring (bicyclic) bond motifs is 1. The summed E-state index contributed by atoms with van der Waals surface area (Å²) in [5.74, 6) is 1.41. The lowest BCUT2D eigenvalue weighted by Gasteiger charge is -2.14. The molecule has 1 amide bonds. The molecule has 1 heterocycles. The molecule has 122 valence electrons. The van der Waals surface area contributed by atoms with Crippen LogP contribution in [0.3, 0.4) is 0 Å². The van der Waals surface area contributed by atoms with Crippen molar-refractivity contribution in [3.05, 3.63) is 33.5 Å². The molecule has 0 unspecified atom stereocenters. The van der Waals surface area contributed by atoms with E-state index in [0.717, 1.165) is 17.7 Å². The predicted octanol–water partition coefficient (Wildman–Crippen LogP) is 3.51. The number of rotatable bonds is 5. The van der Waals surface area contributed by atoms with Crippen LogP contribution in [0.4, 0.5) is 5.69 Å². The third kappa shape index (κ3) is 2.99. The van der Waals surface area contributed by atoms with E-state index in [4.69, 9.17) is 14.2 Å². The fourth-order valence-corrected chi connectivity index (χ4v) is 3.94. The van der Waals surface area contributed by atoms with Crippen LogP contribution >= 0.6 is 11.3 Å². The Hall–Kier alpha value is -2.21. The zero-order valence-corrected chi connectivity index (χ0v) is 14.2. The van der Waals surface area contributed by atoms with E-state index in [0.29, 0.717) is 22.9 Å². The Balaban J connectivity index is 1.85. The number of benzene rings is 1. The highest BCUT2D eigenvalue weighted by Crippen LogP contribution is 2.40. The number of thiophene rings is 1. The highest BCUT2D eigenvalue weighted by Gasteiger charge is 2.20. The van der Waals surface area contributed by atoms with Crippen molar-refractivity contribution < 1.29 is 19.0 Å². The SMILES string of the molecule is COc1cc(NC(=O)c2cc3c(s2)CCC3)cc(OC)c1OC. The van der Waals surface area contributed by atoms with Crippen LogP contribution in [0.25, 0.3) is 0 Å². The molecule has 1 N–H and O–H groups in total. The predicted molar refractivity (Wildman–Crippen MR) is 90.4 cm³/mol. The Morgan fingerprint density at radius 3 is 2.30 bits per heavy atom. The third-order valence-corrected chi connectivity index (χ3v) is 5.13. The summed E-state index contributed by atoms with van der Waals surface area (Å²) in [6.07, 6.45) is 3.34. The largest absolute Gasteiger partial charge is 0.493 e. The van der Waals surface area contributed by atoms with Gasteiger partial charge in [-0.15, -0.1) is 11.3 Å². The minimum Gasteiger partial charge on any atom is -0.493 e.